The van der Waals surface area contributed by atoms with Gasteiger partial charge in [0.15, 0.2) is 0 Å². The van der Waals surface area contributed by atoms with Gasteiger partial charge in [-0.3, -0.25) is 14.6 Å². The van der Waals surface area contributed by atoms with Gasteiger partial charge in [0.1, 0.15) is 17.3 Å². The van der Waals surface area contributed by atoms with Crippen LogP contribution in [0.3, 0.4) is 0 Å². The summed E-state index contributed by atoms with van der Waals surface area (Å²) in [6.07, 6.45) is 6.52. The Hall–Kier alpha value is -4.88. The molecular weight excluding hydrogens is 612 g/mol. The minimum atomic E-state index is -0.201. The first-order valence-corrected chi connectivity index (χ1v) is 16.3. The fourth-order valence-electron chi connectivity index (χ4n) is 6.24. The summed E-state index contributed by atoms with van der Waals surface area (Å²) in [5.41, 5.74) is 3.45. The second kappa shape index (κ2) is 14.9. The van der Waals surface area contributed by atoms with Crippen LogP contribution < -0.4 is 29.5 Å². The summed E-state index contributed by atoms with van der Waals surface area (Å²) in [4.78, 5) is 46.5. The smallest absolute Gasteiger partial charge is 0.330 e. The van der Waals surface area contributed by atoms with Gasteiger partial charge in [-0.25, -0.2) is 9.78 Å². The number of likely N-dealkylation sites (N-methyl/N-ethyl adjacent to an activating group) is 1. The number of methoxy groups -OCH3 is 2. The normalized spacial score (nSPS) is 17.2. The monoisotopic (exact) mass is 656 g/mol. The quantitative estimate of drug-likeness (QED) is 0.320. The highest BCUT2D eigenvalue weighted by molar-refractivity contribution is 6.06. The third-order valence-electron chi connectivity index (χ3n) is 8.86. The molecule has 3 amide bonds. The number of carbonyl (C=O) groups is 2. The van der Waals surface area contributed by atoms with Gasteiger partial charge < -0.3 is 34.2 Å². The van der Waals surface area contributed by atoms with Gasteiger partial charge in [0.2, 0.25) is 11.9 Å². The molecule has 2 fully saturated rings. The number of urea groups is 1. The molecule has 3 aliphatic heterocycles. The molecule has 0 bridgehead atoms. The molecule has 2 aromatic carbocycles. The van der Waals surface area contributed by atoms with Gasteiger partial charge in [0.05, 0.1) is 39.7 Å². The van der Waals surface area contributed by atoms with E-state index in [4.69, 9.17) is 19.2 Å². The van der Waals surface area contributed by atoms with Gasteiger partial charge >= 0.3 is 6.03 Å². The Balaban J connectivity index is 1.26. The lowest BCUT2D eigenvalue weighted by Gasteiger charge is -2.43. The molecule has 3 aromatic rings. The lowest BCUT2D eigenvalue weighted by molar-refractivity contribution is -0.127. The van der Waals surface area contributed by atoms with Crippen LogP contribution in [0.25, 0.3) is 0 Å². The van der Waals surface area contributed by atoms with E-state index in [0.29, 0.717) is 61.4 Å². The summed E-state index contributed by atoms with van der Waals surface area (Å²) < 4.78 is 16.5. The number of aromatic nitrogens is 2. The number of anilines is 5. The van der Waals surface area contributed by atoms with Crippen LogP contribution in [0, 0.1) is 0 Å². The minimum absolute atomic E-state index is 0.0146. The van der Waals surface area contributed by atoms with E-state index in [1.807, 2.05) is 54.2 Å². The molecule has 3 aliphatic rings. The zero-order chi connectivity index (χ0) is 33.6. The number of nitrogens with one attached hydrogen (secondary N) is 1. The summed E-state index contributed by atoms with van der Waals surface area (Å²) in [5, 5.41) is 3.33. The molecule has 0 unspecified atom stereocenters. The van der Waals surface area contributed by atoms with Crippen LogP contribution in [0.2, 0.25) is 0 Å². The Labute approximate surface area is 281 Å². The third kappa shape index (κ3) is 7.47. The zero-order valence-corrected chi connectivity index (χ0v) is 28.1. The average molecular weight is 657 g/mol. The molecule has 13 nitrogen and oxygen atoms in total. The Morgan fingerprint density at radius 1 is 1.00 bits per heavy atom. The molecule has 0 aliphatic carbocycles. The Morgan fingerprint density at radius 2 is 1.69 bits per heavy atom. The summed E-state index contributed by atoms with van der Waals surface area (Å²) in [6.45, 7) is 5.23. The number of benzene rings is 2. The molecule has 1 aromatic heterocycles. The highest BCUT2D eigenvalue weighted by Gasteiger charge is 2.39. The predicted octanol–water partition coefficient (Wildman–Crippen LogP) is 4.13. The van der Waals surface area contributed by atoms with Crippen molar-refractivity contribution in [2.45, 2.75) is 25.4 Å². The highest BCUT2D eigenvalue weighted by Crippen LogP contribution is 2.37. The Kier molecular flexibility index (Phi) is 10.3. The van der Waals surface area contributed by atoms with E-state index in [0.717, 1.165) is 43.2 Å². The Morgan fingerprint density at radius 3 is 2.33 bits per heavy atom. The van der Waals surface area contributed by atoms with Gasteiger partial charge in [-0.05, 0) is 51.2 Å². The number of piperidine rings is 1. The highest BCUT2D eigenvalue weighted by atomic mass is 16.5. The van der Waals surface area contributed by atoms with Crippen molar-refractivity contribution in [1.82, 2.24) is 19.8 Å². The number of hydrogen-bond donors (Lipinski definition) is 1. The molecule has 4 heterocycles. The summed E-state index contributed by atoms with van der Waals surface area (Å²) in [5.74, 6) is 2.13. The SMILES string of the molecule is COc1cc(OC)cc(N2Cc3cnc(Nc4ccc(N5CCOCC5)cc4)nc3N(C3CCN(C(=O)C=CCN(C)C)CC3)C2=O)c1. The molecule has 48 heavy (non-hydrogen) atoms. The van der Waals surface area contributed by atoms with Crippen molar-refractivity contribution < 1.29 is 23.8 Å². The van der Waals surface area contributed by atoms with E-state index in [-0.39, 0.29) is 24.5 Å². The first kappa shape index (κ1) is 33.0. The minimum Gasteiger partial charge on any atom is -0.497 e. The van der Waals surface area contributed by atoms with E-state index in [1.165, 1.54) is 0 Å². The molecule has 0 spiro atoms. The van der Waals surface area contributed by atoms with E-state index >= 15 is 0 Å². The van der Waals surface area contributed by atoms with Crippen LogP contribution >= 0.6 is 0 Å². The van der Waals surface area contributed by atoms with E-state index < -0.39 is 0 Å². The van der Waals surface area contributed by atoms with Crippen molar-refractivity contribution >= 4 is 40.8 Å². The molecule has 6 rings (SSSR count). The second-order valence-corrected chi connectivity index (χ2v) is 12.3. The summed E-state index contributed by atoms with van der Waals surface area (Å²) >= 11 is 0. The number of morpholine rings is 1. The van der Waals surface area contributed by atoms with E-state index in [1.54, 1.807) is 42.4 Å². The number of rotatable bonds is 10. The lowest BCUT2D eigenvalue weighted by Crippen LogP contribution is -2.55. The predicted molar refractivity (Wildman–Crippen MR) is 186 cm³/mol. The van der Waals surface area contributed by atoms with Crippen molar-refractivity contribution in [1.29, 1.82) is 0 Å². The first-order chi connectivity index (χ1) is 23.3. The van der Waals surface area contributed by atoms with Gasteiger partial charge in [0, 0.05) is 86.2 Å². The molecule has 1 N–H and O–H groups in total. The van der Waals surface area contributed by atoms with E-state index in [9.17, 15) is 9.59 Å². The van der Waals surface area contributed by atoms with Crippen LogP contribution in [0.15, 0.2) is 60.8 Å². The zero-order valence-electron chi connectivity index (χ0n) is 28.1. The third-order valence-corrected chi connectivity index (χ3v) is 8.86. The second-order valence-electron chi connectivity index (χ2n) is 12.3. The van der Waals surface area contributed by atoms with Crippen molar-refractivity contribution in [2.75, 3.05) is 94.3 Å². The maximum atomic E-state index is 14.4. The van der Waals surface area contributed by atoms with Gasteiger partial charge in [-0.15, -0.1) is 0 Å². The molecule has 0 radical (unpaired) electrons. The Bertz CT molecular complexity index is 1600. The molecule has 254 valence electrons. The topological polar surface area (TPSA) is 116 Å². The fraction of sp³-hybridized carbons (Fsp3) is 0.429. The van der Waals surface area contributed by atoms with Crippen LogP contribution in [0.4, 0.5) is 33.6 Å². The average Bonchev–Trinajstić information content (AvgIpc) is 3.11. The van der Waals surface area contributed by atoms with Crippen molar-refractivity contribution in [2.24, 2.45) is 0 Å². The van der Waals surface area contributed by atoms with Gasteiger partial charge in [0.25, 0.3) is 0 Å². The molecule has 13 heteroatoms. The summed E-state index contributed by atoms with van der Waals surface area (Å²) in [6, 6.07) is 13.2. The number of carbonyl (C=O) groups excluding carboxylic acids is 2. The van der Waals surface area contributed by atoms with Crippen LogP contribution in [-0.2, 0) is 16.1 Å². The molecule has 0 saturated carbocycles. The van der Waals surface area contributed by atoms with Gasteiger partial charge in [-0.1, -0.05) is 6.08 Å². The fourth-order valence-corrected chi connectivity index (χ4v) is 6.24. The largest absolute Gasteiger partial charge is 0.497 e. The first-order valence-electron chi connectivity index (χ1n) is 16.3. The standard InChI is InChI=1S/C35H44N8O5/c1-39(2)13-5-6-32(44)41-14-11-28(12-15-41)43-33-25(24-42(35(43)45)29-20-30(46-3)22-31(21-29)47-4)23-36-34(38-33)37-26-7-9-27(10-8-26)40-16-18-48-19-17-40/h5-10,20-23,28H,11-19,24H2,1-4H3,(H,36,37,38). The maximum Gasteiger partial charge on any atom is 0.330 e. The van der Waals surface area contributed by atoms with Crippen LogP contribution in [0.5, 0.6) is 11.5 Å². The maximum absolute atomic E-state index is 14.4. The van der Waals surface area contributed by atoms with Crippen molar-refractivity contribution in [3.63, 3.8) is 0 Å². The number of amides is 3. The number of nitrogens with zero attached hydrogens (tertiary/aromatic N) is 7. The van der Waals surface area contributed by atoms with Crippen LogP contribution in [-0.4, -0.2) is 112 Å². The van der Waals surface area contributed by atoms with Crippen molar-refractivity contribution in [3.05, 3.63) is 66.4 Å². The lowest BCUT2D eigenvalue weighted by atomic mass is 10.0. The number of hydrogen-bond acceptors (Lipinski definition) is 10. The molecule has 0 atom stereocenters. The number of likely N-dealkylation sites (tertiary alicyclic amines) is 1. The van der Waals surface area contributed by atoms with Crippen molar-refractivity contribution in [3.8, 4) is 11.5 Å². The molecular formula is C35H44N8O5. The number of fused-ring (bicyclic) bond motifs is 1. The van der Waals surface area contributed by atoms with E-state index in [2.05, 4.69) is 27.3 Å². The van der Waals surface area contributed by atoms with Crippen LogP contribution in [0.1, 0.15) is 18.4 Å². The summed E-state index contributed by atoms with van der Waals surface area (Å²) in [7, 11) is 7.10. The number of ether oxygens (including phenoxy) is 3. The van der Waals surface area contributed by atoms with Gasteiger partial charge in [-0.2, -0.15) is 4.98 Å². The molecule has 2 saturated heterocycles.